The fraction of sp³-hybridized carbons (Fsp3) is 0.258. The number of carbonyl (C=O) groups excluding carboxylic acids is 2. The van der Waals surface area contributed by atoms with Gasteiger partial charge in [-0.2, -0.15) is 13.2 Å². The highest BCUT2D eigenvalue weighted by atomic mass is 19.4. The second kappa shape index (κ2) is 11.3. The summed E-state index contributed by atoms with van der Waals surface area (Å²) in [6.45, 7) is 5.76. The predicted molar refractivity (Wildman–Crippen MR) is 154 cm³/mol. The molecule has 8 nitrogen and oxygen atoms in total. The number of amides is 2. The van der Waals surface area contributed by atoms with E-state index in [1.807, 2.05) is 13.8 Å². The summed E-state index contributed by atoms with van der Waals surface area (Å²) >= 11 is 0. The number of nitrogens with one attached hydrogen (secondary N) is 2. The van der Waals surface area contributed by atoms with Gasteiger partial charge in [0, 0.05) is 48.4 Å². The van der Waals surface area contributed by atoms with Crippen molar-refractivity contribution in [2.75, 3.05) is 25.4 Å². The van der Waals surface area contributed by atoms with Crippen molar-refractivity contribution in [3.63, 3.8) is 0 Å². The Hall–Kier alpha value is -4.64. The fourth-order valence-corrected chi connectivity index (χ4v) is 4.89. The van der Waals surface area contributed by atoms with E-state index in [2.05, 4.69) is 15.6 Å². The quantitative estimate of drug-likeness (QED) is 0.270. The highest BCUT2D eigenvalue weighted by Gasteiger charge is 2.35. The van der Waals surface area contributed by atoms with Crippen LogP contribution in [-0.4, -0.2) is 46.9 Å². The first-order chi connectivity index (χ1) is 19.9. The highest BCUT2D eigenvalue weighted by Crippen LogP contribution is 2.39. The number of carbonyl (C=O) groups is 2. The van der Waals surface area contributed by atoms with E-state index in [1.165, 1.54) is 24.4 Å². The second-order valence-corrected chi connectivity index (χ2v) is 10.8. The minimum absolute atomic E-state index is 0.107. The van der Waals surface area contributed by atoms with E-state index in [4.69, 9.17) is 10.2 Å². The third kappa shape index (κ3) is 6.63. The van der Waals surface area contributed by atoms with Crippen molar-refractivity contribution in [2.45, 2.75) is 32.1 Å². The number of aromatic nitrogens is 1. The number of benzene rings is 2. The number of pyridine rings is 1. The van der Waals surface area contributed by atoms with E-state index in [0.29, 0.717) is 47.7 Å². The summed E-state index contributed by atoms with van der Waals surface area (Å²) < 4.78 is 47.7. The zero-order valence-electron chi connectivity index (χ0n) is 23.1. The van der Waals surface area contributed by atoms with E-state index in [0.717, 1.165) is 6.07 Å². The Morgan fingerprint density at radius 3 is 2.55 bits per heavy atom. The van der Waals surface area contributed by atoms with Gasteiger partial charge in [-0.3, -0.25) is 9.59 Å². The summed E-state index contributed by atoms with van der Waals surface area (Å²) in [4.78, 5) is 31.0. The molecule has 42 heavy (non-hydrogen) atoms. The lowest BCUT2D eigenvalue weighted by Gasteiger charge is -2.39. The average Bonchev–Trinajstić information content (AvgIpc) is 3.37. The van der Waals surface area contributed by atoms with Crippen LogP contribution < -0.4 is 16.4 Å². The van der Waals surface area contributed by atoms with Crippen LogP contribution in [0.5, 0.6) is 0 Å². The van der Waals surface area contributed by atoms with E-state index < -0.39 is 17.6 Å². The molecule has 218 valence electrons. The molecule has 0 atom stereocenters. The monoisotopic (exact) mass is 577 g/mol. The van der Waals surface area contributed by atoms with Crippen LogP contribution in [-0.2, 0) is 17.5 Å². The molecule has 1 fully saturated rings. The lowest BCUT2D eigenvalue weighted by molar-refractivity contribution is -0.136. The Morgan fingerprint density at radius 2 is 1.88 bits per heavy atom. The van der Waals surface area contributed by atoms with E-state index in [9.17, 15) is 22.8 Å². The van der Waals surface area contributed by atoms with Gasteiger partial charge < -0.3 is 25.7 Å². The van der Waals surface area contributed by atoms with E-state index in [1.54, 1.807) is 47.4 Å². The van der Waals surface area contributed by atoms with Crippen molar-refractivity contribution < 1.29 is 27.2 Å². The molecular weight excluding hydrogens is 547 g/mol. The number of halogens is 3. The molecule has 1 aliphatic heterocycles. The number of fused-ring (bicyclic) bond motifs is 1. The first kappa shape index (κ1) is 28.9. The molecular formula is C31H30F3N5O3. The number of furan rings is 1. The number of hydrogen-bond acceptors (Lipinski definition) is 6. The molecule has 4 N–H and O–H groups in total. The maximum atomic E-state index is 14.1. The summed E-state index contributed by atoms with van der Waals surface area (Å²) in [5, 5.41) is 6.22. The third-order valence-corrected chi connectivity index (χ3v) is 6.97. The molecule has 3 heterocycles. The molecule has 2 aromatic carbocycles. The minimum atomic E-state index is -4.67. The lowest BCUT2D eigenvalue weighted by atomic mass is 9.98. The van der Waals surface area contributed by atoms with Crippen LogP contribution in [0.15, 0.2) is 71.3 Å². The van der Waals surface area contributed by atoms with Crippen molar-refractivity contribution in [3.05, 3.63) is 89.3 Å². The first-order valence-electron chi connectivity index (χ1n) is 13.3. The van der Waals surface area contributed by atoms with Crippen molar-refractivity contribution >= 4 is 34.7 Å². The average molecular weight is 578 g/mol. The standard InChI is InChI=1S/C31H30F3N5O3/c1-30(2)18-39(12-11-38-30)29(41)21-7-5-20(6-8-21)22-13-23-14-24(42-28(23)25(15-22)31(32,33)34)17-37-27(40)10-4-19-3-9-26(35)36-16-19/h3-10,13-16,38H,11-12,17-18H2,1-2H3,(H2,35,36)(H,37,40)/b10-4+. The maximum absolute atomic E-state index is 14.1. The van der Waals surface area contributed by atoms with Crippen molar-refractivity contribution in [1.82, 2.24) is 20.5 Å². The molecule has 0 aliphatic carbocycles. The van der Waals surface area contributed by atoms with Crippen LogP contribution in [0.25, 0.3) is 28.2 Å². The summed E-state index contributed by atoms with van der Waals surface area (Å²) in [7, 11) is 0. The van der Waals surface area contributed by atoms with Crippen LogP contribution in [0.3, 0.4) is 0 Å². The number of alkyl halides is 3. The van der Waals surface area contributed by atoms with Crippen molar-refractivity contribution in [2.24, 2.45) is 0 Å². The molecule has 11 heteroatoms. The Kier molecular flexibility index (Phi) is 7.79. The van der Waals surface area contributed by atoms with Gasteiger partial charge >= 0.3 is 6.18 Å². The molecule has 5 rings (SSSR count). The van der Waals surface area contributed by atoms with Gasteiger partial charge in [-0.05, 0) is 79.1 Å². The lowest BCUT2D eigenvalue weighted by Crippen LogP contribution is -2.58. The summed E-state index contributed by atoms with van der Waals surface area (Å²) in [6.07, 6.45) is -0.342. The van der Waals surface area contributed by atoms with E-state index in [-0.39, 0.29) is 34.7 Å². The first-order valence-corrected chi connectivity index (χ1v) is 13.3. The number of rotatable bonds is 6. The molecule has 2 amide bonds. The topological polar surface area (TPSA) is 113 Å². The molecule has 0 unspecified atom stereocenters. The van der Waals surface area contributed by atoms with Crippen LogP contribution in [0.4, 0.5) is 19.0 Å². The van der Waals surface area contributed by atoms with Gasteiger partial charge in [0.1, 0.15) is 17.2 Å². The number of nitrogens with zero attached hydrogens (tertiary/aromatic N) is 2. The van der Waals surface area contributed by atoms with Crippen molar-refractivity contribution in [1.29, 1.82) is 0 Å². The van der Waals surface area contributed by atoms with Gasteiger partial charge in [0.2, 0.25) is 5.91 Å². The maximum Gasteiger partial charge on any atom is 0.420 e. The van der Waals surface area contributed by atoms with Crippen LogP contribution >= 0.6 is 0 Å². The molecule has 0 saturated carbocycles. The predicted octanol–water partition coefficient (Wildman–Crippen LogP) is 5.25. The van der Waals surface area contributed by atoms with Gasteiger partial charge in [0.25, 0.3) is 5.91 Å². The third-order valence-electron chi connectivity index (χ3n) is 6.97. The molecule has 1 aliphatic rings. The largest absolute Gasteiger partial charge is 0.459 e. The van der Waals surface area contributed by atoms with E-state index >= 15 is 0 Å². The van der Waals surface area contributed by atoms with Gasteiger partial charge in [-0.1, -0.05) is 12.1 Å². The number of piperazine rings is 1. The molecule has 0 bridgehead atoms. The molecule has 0 radical (unpaired) electrons. The Balaban J connectivity index is 1.34. The zero-order chi connectivity index (χ0) is 30.1. The minimum Gasteiger partial charge on any atom is -0.459 e. The fourth-order valence-electron chi connectivity index (χ4n) is 4.89. The number of nitrogens with two attached hydrogens (primary N) is 1. The summed E-state index contributed by atoms with van der Waals surface area (Å²) in [5.41, 5.74) is 6.09. The SMILES string of the molecule is CC1(C)CN(C(=O)c2ccc(-c3cc(C(F)(F)F)c4oc(CNC(=O)/C=C/c5ccc(N)nc5)cc4c3)cc2)CCN1. The molecule has 2 aromatic heterocycles. The second-order valence-electron chi connectivity index (χ2n) is 10.8. The Bertz CT molecular complexity index is 1640. The normalized spacial score (nSPS) is 15.3. The summed E-state index contributed by atoms with van der Waals surface area (Å²) in [5.74, 6) is -0.0551. The summed E-state index contributed by atoms with van der Waals surface area (Å²) in [6, 6.07) is 14.0. The molecule has 0 spiro atoms. The number of nitrogen functional groups attached to an aromatic ring is 1. The molecule has 4 aromatic rings. The van der Waals surface area contributed by atoms with Crippen LogP contribution in [0.2, 0.25) is 0 Å². The Morgan fingerprint density at radius 1 is 1.12 bits per heavy atom. The highest BCUT2D eigenvalue weighted by molar-refractivity contribution is 5.95. The molecule has 1 saturated heterocycles. The number of hydrogen-bond donors (Lipinski definition) is 3. The zero-order valence-corrected chi connectivity index (χ0v) is 23.1. The van der Waals surface area contributed by atoms with Crippen LogP contribution in [0.1, 0.15) is 41.1 Å². The van der Waals surface area contributed by atoms with Gasteiger partial charge in [-0.25, -0.2) is 4.98 Å². The number of anilines is 1. The smallest absolute Gasteiger partial charge is 0.420 e. The van der Waals surface area contributed by atoms with Gasteiger partial charge in [0.15, 0.2) is 0 Å². The van der Waals surface area contributed by atoms with Crippen molar-refractivity contribution in [3.8, 4) is 11.1 Å². The Labute approximate surface area is 240 Å². The van der Waals surface area contributed by atoms with Gasteiger partial charge in [-0.15, -0.1) is 0 Å². The van der Waals surface area contributed by atoms with Gasteiger partial charge in [0.05, 0.1) is 12.1 Å². The van der Waals surface area contributed by atoms with Crippen LogP contribution in [0, 0.1) is 0 Å².